The van der Waals surface area contributed by atoms with Gasteiger partial charge in [0.05, 0.1) is 11.8 Å². The molecule has 6 nitrogen and oxygen atoms in total. The Balaban J connectivity index is 2.07. The van der Waals surface area contributed by atoms with Crippen LogP contribution in [0.5, 0.6) is 0 Å². The minimum absolute atomic E-state index is 0.0693. The minimum Gasteiger partial charge on any atom is -0.341 e. The summed E-state index contributed by atoms with van der Waals surface area (Å²) in [5.41, 5.74) is 5.30. The van der Waals surface area contributed by atoms with Gasteiger partial charge in [-0.2, -0.15) is 0 Å². The summed E-state index contributed by atoms with van der Waals surface area (Å²) in [7, 11) is 1.50. The molecular formula is C10H15N3O3. The van der Waals surface area contributed by atoms with Crippen molar-refractivity contribution in [2.24, 2.45) is 17.6 Å². The zero-order valence-corrected chi connectivity index (χ0v) is 9.18. The topological polar surface area (TPSA) is 83.7 Å². The Hall–Kier alpha value is -1.43. The molecule has 3 amide bonds. The number of amides is 3. The van der Waals surface area contributed by atoms with Crippen LogP contribution in [0.1, 0.15) is 6.42 Å². The molecule has 0 saturated carbocycles. The summed E-state index contributed by atoms with van der Waals surface area (Å²) in [6.07, 6.45) is 0.275. The van der Waals surface area contributed by atoms with Gasteiger partial charge in [-0.3, -0.25) is 19.3 Å². The lowest BCUT2D eigenvalue weighted by Crippen LogP contribution is -2.36. The summed E-state index contributed by atoms with van der Waals surface area (Å²) in [5.74, 6) is -1.07. The molecule has 2 fully saturated rings. The van der Waals surface area contributed by atoms with Crippen molar-refractivity contribution in [1.82, 2.24) is 9.80 Å². The second-order valence-electron chi connectivity index (χ2n) is 4.29. The number of fused-ring (bicyclic) bond motifs is 1. The number of hydrogen-bond acceptors (Lipinski definition) is 4. The first-order valence-corrected chi connectivity index (χ1v) is 5.35. The Bertz CT molecular complexity index is 331. The molecule has 2 aliphatic rings. The molecule has 16 heavy (non-hydrogen) atoms. The second kappa shape index (κ2) is 3.86. The van der Waals surface area contributed by atoms with Crippen LogP contribution in [0, 0.1) is 11.8 Å². The van der Waals surface area contributed by atoms with Crippen LogP contribution in [-0.2, 0) is 14.4 Å². The fourth-order valence-corrected chi connectivity index (χ4v) is 2.40. The Morgan fingerprint density at radius 3 is 2.25 bits per heavy atom. The van der Waals surface area contributed by atoms with Crippen molar-refractivity contribution in [3.8, 4) is 0 Å². The lowest BCUT2D eigenvalue weighted by atomic mass is 10.00. The van der Waals surface area contributed by atoms with E-state index in [1.165, 1.54) is 11.9 Å². The first-order chi connectivity index (χ1) is 7.56. The van der Waals surface area contributed by atoms with E-state index in [1.807, 2.05) is 0 Å². The SMILES string of the molecule is CN1C(=O)[C@H]2CN(C(=O)CCN)C[C@H]2C1=O. The summed E-state index contributed by atoms with van der Waals surface area (Å²) in [5, 5.41) is 0. The lowest BCUT2D eigenvalue weighted by molar-refractivity contribution is -0.139. The van der Waals surface area contributed by atoms with Gasteiger partial charge in [-0.05, 0) is 0 Å². The highest BCUT2D eigenvalue weighted by Gasteiger charge is 2.51. The van der Waals surface area contributed by atoms with Gasteiger partial charge in [-0.1, -0.05) is 0 Å². The highest BCUT2D eigenvalue weighted by atomic mass is 16.2. The molecule has 0 spiro atoms. The van der Waals surface area contributed by atoms with Crippen molar-refractivity contribution in [1.29, 1.82) is 0 Å². The van der Waals surface area contributed by atoms with Crippen molar-refractivity contribution >= 4 is 17.7 Å². The van der Waals surface area contributed by atoms with Crippen molar-refractivity contribution < 1.29 is 14.4 Å². The van der Waals surface area contributed by atoms with E-state index in [4.69, 9.17) is 5.73 Å². The van der Waals surface area contributed by atoms with Crippen LogP contribution in [0.3, 0.4) is 0 Å². The van der Waals surface area contributed by atoms with Crippen LogP contribution < -0.4 is 5.73 Å². The Labute approximate surface area is 93.4 Å². The molecule has 2 atom stereocenters. The fraction of sp³-hybridized carbons (Fsp3) is 0.700. The minimum atomic E-state index is -0.334. The van der Waals surface area contributed by atoms with Gasteiger partial charge in [0.25, 0.3) is 0 Å². The fourth-order valence-electron chi connectivity index (χ4n) is 2.40. The summed E-state index contributed by atoms with van der Waals surface area (Å²) >= 11 is 0. The maximum atomic E-state index is 11.7. The lowest BCUT2D eigenvalue weighted by Gasteiger charge is -2.18. The van der Waals surface area contributed by atoms with Gasteiger partial charge in [0, 0.05) is 33.1 Å². The number of hydrogen-bond donors (Lipinski definition) is 1. The summed E-state index contributed by atoms with van der Waals surface area (Å²) in [4.78, 5) is 37.7. The predicted octanol–water partition coefficient (Wildman–Crippen LogP) is -1.59. The summed E-state index contributed by atoms with van der Waals surface area (Å²) in [6.45, 7) is 1.02. The van der Waals surface area contributed by atoms with Crippen molar-refractivity contribution in [3.63, 3.8) is 0 Å². The van der Waals surface area contributed by atoms with Crippen LogP contribution in [0.15, 0.2) is 0 Å². The van der Waals surface area contributed by atoms with Crippen LogP contribution in [0.4, 0.5) is 0 Å². The number of nitrogens with two attached hydrogens (primary N) is 1. The smallest absolute Gasteiger partial charge is 0.234 e. The molecule has 2 saturated heterocycles. The van der Waals surface area contributed by atoms with E-state index in [9.17, 15) is 14.4 Å². The number of carbonyl (C=O) groups excluding carboxylic acids is 3. The van der Waals surface area contributed by atoms with Crippen molar-refractivity contribution in [2.45, 2.75) is 6.42 Å². The van der Waals surface area contributed by atoms with Gasteiger partial charge in [0.1, 0.15) is 0 Å². The van der Waals surface area contributed by atoms with E-state index < -0.39 is 0 Å². The van der Waals surface area contributed by atoms with Gasteiger partial charge in [0.2, 0.25) is 17.7 Å². The molecule has 0 aromatic carbocycles. The Kier molecular flexibility index (Phi) is 2.67. The zero-order valence-electron chi connectivity index (χ0n) is 9.18. The van der Waals surface area contributed by atoms with Gasteiger partial charge < -0.3 is 10.6 Å². The number of carbonyl (C=O) groups is 3. The maximum Gasteiger partial charge on any atom is 0.234 e. The molecule has 2 N–H and O–H groups in total. The molecule has 6 heteroatoms. The average molecular weight is 225 g/mol. The number of likely N-dealkylation sites (tertiary alicyclic amines) is 2. The highest BCUT2D eigenvalue weighted by molar-refractivity contribution is 6.06. The van der Waals surface area contributed by atoms with Crippen molar-refractivity contribution in [3.05, 3.63) is 0 Å². The van der Waals surface area contributed by atoms with Gasteiger partial charge in [-0.25, -0.2) is 0 Å². The Morgan fingerprint density at radius 2 is 1.81 bits per heavy atom. The van der Waals surface area contributed by atoms with E-state index >= 15 is 0 Å². The molecule has 0 aromatic heterocycles. The van der Waals surface area contributed by atoms with Gasteiger partial charge in [-0.15, -0.1) is 0 Å². The first-order valence-electron chi connectivity index (χ1n) is 5.35. The van der Waals surface area contributed by atoms with Crippen molar-refractivity contribution in [2.75, 3.05) is 26.7 Å². The molecule has 2 aliphatic heterocycles. The summed E-state index contributed by atoms with van der Waals surface area (Å²) < 4.78 is 0. The monoisotopic (exact) mass is 225 g/mol. The predicted molar refractivity (Wildman–Crippen MR) is 55.0 cm³/mol. The van der Waals surface area contributed by atoms with Crippen LogP contribution in [-0.4, -0.2) is 54.2 Å². The van der Waals surface area contributed by atoms with E-state index in [0.29, 0.717) is 19.6 Å². The quantitative estimate of drug-likeness (QED) is 0.574. The molecule has 2 heterocycles. The van der Waals surface area contributed by atoms with E-state index in [1.54, 1.807) is 4.90 Å². The molecule has 0 bridgehead atoms. The molecule has 0 aliphatic carbocycles. The Morgan fingerprint density at radius 1 is 1.31 bits per heavy atom. The van der Waals surface area contributed by atoms with E-state index in [0.717, 1.165) is 0 Å². The molecule has 2 rings (SSSR count). The molecule has 0 aromatic rings. The van der Waals surface area contributed by atoms with Gasteiger partial charge in [0.15, 0.2) is 0 Å². The largest absolute Gasteiger partial charge is 0.341 e. The van der Waals surface area contributed by atoms with E-state index in [2.05, 4.69) is 0 Å². The molecule has 0 radical (unpaired) electrons. The number of nitrogens with zero attached hydrogens (tertiary/aromatic N) is 2. The standard InChI is InChI=1S/C10H15N3O3/c1-12-9(15)6-4-13(8(14)2-3-11)5-7(6)10(12)16/h6-7H,2-5,11H2,1H3/t6-,7+. The third-order valence-electron chi connectivity index (χ3n) is 3.33. The molecule has 88 valence electrons. The molecule has 0 unspecified atom stereocenters. The third-order valence-corrected chi connectivity index (χ3v) is 3.33. The van der Waals surface area contributed by atoms with E-state index in [-0.39, 0.29) is 36.0 Å². The number of imide groups is 1. The first kappa shape index (κ1) is 11.1. The van der Waals surface area contributed by atoms with Crippen LogP contribution in [0.25, 0.3) is 0 Å². The normalized spacial score (nSPS) is 28.9. The second-order valence-corrected chi connectivity index (χ2v) is 4.29. The van der Waals surface area contributed by atoms with Crippen LogP contribution >= 0.6 is 0 Å². The highest BCUT2D eigenvalue weighted by Crippen LogP contribution is 2.32. The van der Waals surface area contributed by atoms with Gasteiger partial charge >= 0.3 is 0 Å². The molecular weight excluding hydrogens is 210 g/mol. The number of rotatable bonds is 2. The zero-order chi connectivity index (χ0) is 11.9. The maximum absolute atomic E-state index is 11.7. The third kappa shape index (κ3) is 1.49. The average Bonchev–Trinajstić information content (AvgIpc) is 2.77. The van der Waals surface area contributed by atoms with Crippen LogP contribution in [0.2, 0.25) is 0 Å². The summed E-state index contributed by atoms with van der Waals surface area (Å²) in [6, 6.07) is 0.